The summed E-state index contributed by atoms with van der Waals surface area (Å²) in [5.41, 5.74) is 3.00. The number of fused-ring (bicyclic) bond motifs is 1. The molecule has 0 aliphatic heterocycles. The van der Waals surface area contributed by atoms with Gasteiger partial charge in [0.1, 0.15) is 5.82 Å². The smallest absolute Gasteiger partial charge is 0.161 e. The Labute approximate surface area is 153 Å². The fourth-order valence-electron chi connectivity index (χ4n) is 3.34. The minimum atomic E-state index is 0.00443. The Balaban J connectivity index is 2.07. The number of hydrogen-bond donors (Lipinski definition) is 2. The van der Waals surface area contributed by atoms with Crippen LogP contribution in [0.3, 0.4) is 0 Å². The molecule has 2 N–H and O–H groups in total. The van der Waals surface area contributed by atoms with Crippen molar-refractivity contribution in [2.45, 2.75) is 19.3 Å². The van der Waals surface area contributed by atoms with E-state index in [1.807, 2.05) is 23.1 Å². The van der Waals surface area contributed by atoms with Crippen LogP contribution in [0.15, 0.2) is 18.2 Å². The molecule has 1 aliphatic carbocycles. The number of nitrogens with zero attached hydrogens (tertiary/aromatic N) is 3. The fraction of sp³-hybridized carbons (Fsp3) is 0.474. The zero-order valence-corrected chi connectivity index (χ0v) is 15.2. The van der Waals surface area contributed by atoms with Gasteiger partial charge >= 0.3 is 0 Å². The van der Waals surface area contributed by atoms with Gasteiger partial charge in [0.05, 0.1) is 27.4 Å². The number of aliphatic hydroxyl groups excluding tert-OH is 2. The van der Waals surface area contributed by atoms with E-state index in [0.29, 0.717) is 30.4 Å². The summed E-state index contributed by atoms with van der Waals surface area (Å²) in [5, 5.41) is 18.8. The van der Waals surface area contributed by atoms with Crippen LogP contribution in [0.5, 0.6) is 11.5 Å². The van der Waals surface area contributed by atoms with Crippen LogP contribution in [-0.4, -0.2) is 60.7 Å². The number of anilines is 1. The molecule has 2 aromatic rings. The van der Waals surface area contributed by atoms with Gasteiger partial charge in [0.15, 0.2) is 17.3 Å². The SMILES string of the molecule is COc1ccc(-c2nc3c(c(N(CCO)CCO)n2)CCC3)cc1OC. The van der Waals surface area contributed by atoms with Crippen molar-refractivity contribution in [2.75, 3.05) is 45.4 Å². The van der Waals surface area contributed by atoms with Crippen LogP contribution in [0.4, 0.5) is 5.82 Å². The molecule has 1 heterocycles. The number of aromatic nitrogens is 2. The lowest BCUT2D eigenvalue weighted by molar-refractivity contribution is 0.280. The molecular weight excluding hydrogens is 334 g/mol. The van der Waals surface area contributed by atoms with Gasteiger partial charge in [0, 0.05) is 29.9 Å². The average molecular weight is 359 g/mol. The molecule has 1 aliphatic rings. The molecule has 1 aromatic heterocycles. The second-order valence-electron chi connectivity index (χ2n) is 6.15. The summed E-state index contributed by atoms with van der Waals surface area (Å²) in [4.78, 5) is 11.5. The second kappa shape index (κ2) is 8.33. The fourth-order valence-corrected chi connectivity index (χ4v) is 3.34. The molecule has 1 aromatic carbocycles. The molecule has 140 valence electrons. The number of aliphatic hydroxyl groups is 2. The molecule has 0 bridgehead atoms. The number of rotatable bonds is 8. The number of benzene rings is 1. The number of hydrogen-bond acceptors (Lipinski definition) is 7. The summed E-state index contributed by atoms with van der Waals surface area (Å²) in [7, 11) is 3.20. The number of ether oxygens (including phenoxy) is 2. The van der Waals surface area contributed by atoms with Crippen molar-refractivity contribution in [2.24, 2.45) is 0 Å². The zero-order chi connectivity index (χ0) is 18.5. The summed E-state index contributed by atoms with van der Waals surface area (Å²) >= 11 is 0. The Hall–Kier alpha value is -2.38. The maximum atomic E-state index is 9.39. The number of aryl methyl sites for hydroxylation is 1. The van der Waals surface area contributed by atoms with Crippen molar-refractivity contribution >= 4 is 5.82 Å². The Morgan fingerprint density at radius 1 is 1.00 bits per heavy atom. The van der Waals surface area contributed by atoms with Crippen LogP contribution in [0, 0.1) is 0 Å². The van der Waals surface area contributed by atoms with Gasteiger partial charge in [-0.1, -0.05) is 0 Å². The van der Waals surface area contributed by atoms with E-state index in [4.69, 9.17) is 19.4 Å². The Morgan fingerprint density at radius 2 is 1.73 bits per heavy atom. The molecule has 26 heavy (non-hydrogen) atoms. The van der Waals surface area contributed by atoms with Gasteiger partial charge in [-0.3, -0.25) is 0 Å². The maximum absolute atomic E-state index is 9.39. The van der Waals surface area contributed by atoms with E-state index in [9.17, 15) is 10.2 Å². The minimum absolute atomic E-state index is 0.00443. The monoisotopic (exact) mass is 359 g/mol. The first-order valence-corrected chi connectivity index (χ1v) is 8.80. The van der Waals surface area contributed by atoms with Crippen LogP contribution in [0.25, 0.3) is 11.4 Å². The van der Waals surface area contributed by atoms with Gasteiger partial charge in [-0.25, -0.2) is 9.97 Å². The lowest BCUT2D eigenvalue weighted by Gasteiger charge is -2.24. The molecule has 0 atom stereocenters. The van der Waals surface area contributed by atoms with E-state index in [1.54, 1.807) is 14.2 Å². The van der Waals surface area contributed by atoms with Crippen LogP contribution in [-0.2, 0) is 12.8 Å². The van der Waals surface area contributed by atoms with Gasteiger partial charge in [-0.15, -0.1) is 0 Å². The highest BCUT2D eigenvalue weighted by molar-refractivity contribution is 5.65. The van der Waals surface area contributed by atoms with Gasteiger partial charge in [-0.05, 0) is 37.5 Å². The third-order valence-electron chi connectivity index (χ3n) is 4.59. The molecule has 7 nitrogen and oxygen atoms in total. The molecule has 0 fully saturated rings. The van der Waals surface area contributed by atoms with Gasteiger partial charge in [0.25, 0.3) is 0 Å². The highest BCUT2D eigenvalue weighted by Crippen LogP contribution is 2.34. The van der Waals surface area contributed by atoms with Crippen molar-refractivity contribution in [1.82, 2.24) is 9.97 Å². The largest absolute Gasteiger partial charge is 0.493 e. The third kappa shape index (κ3) is 3.59. The molecule has 3 rings (SSSR count). The van der Waals surface area contributed by atoms with Crippen molar-refractivity contribution in [3.05, 3.63) is 29.5 Å². The Morgan fingerprint density at radius 3 is 2.38 bits per heavy atom. The molecule has 0 spiro atoms. The first kappa shape index (κ1) is 18.4. The maximum Gasteiger partial charge on any atom is 0.161 e. The molecule has 0 amide bonds. The highest BCUT2D eigenvalue weighted by Gasteiger charge is 2.23. The number of methoxy groups -OCH3 is 2. The highest BCUT2D eigenvalue weighted by atomic mass is 16.5. The predicted molar refractivity (Wildman–Crippen MR) is 99.0 cm³/mol. The zero-order valence-electron chi connectivity index (χ0n) is 15.2. The Kier molecular flexibility index (Phi) is 5.90. The molecule has 0 unspecified atom stereocenters. The molecule has 7 heteroatoms. The van der Waals surface area contributed by atoms with E-state index in [-0.39, 0.29) is 13.2 Å². The molecule has 0 saturated carbocycles. The van der Waals surface area contributed by atoms with Crippen molar-refractivity contribution in [3.8, 4) is 22.9 Å². The van der Waals surface area contributed by atoms with Crippen molar-refractivity contribution in [1.29, 1.82) is 0 Å². The quantitative estimate of drug-likeness (QED) is 0.737. The Bertz CT molecular complexity index is 761. The lowest BCUT2D eigenvalue weighted by atomic mass is 10.1. The van der Waals surface area contributed by atoms with Gasteiger partial charge < -0.3 is 24.6 Å². The third-order valence-corrected chi connectivity index (χ3v) is 4.59. The van der Waals surface area contributed by atoms with Crippen LogP contribution in [0.1, 0.15) is 17.7 Å². The minimum Gasteiger partial charge on any atom is -0.493 e. The van der Waals surface area contributed by atoms with E-state index in [0.717, 1.165) is 41.9 Å². The van der Waals surface area contributed by atoms with Crippen molar-refractivity contribution in [3.63, 3.8) is 0 Å². The summed E-state index contributed by atoms with van der Waals surface area (Å²) in [5.74, 6) is 2.70. The van der Waals surface area contributed by atoms with E-state index in [1.165, 1.54) is 0 Å². The summed E-state index contributed by atoms with van der Waals surface area (Å²) in [6, 6.07) is 5.61. The van der Waals surface area contributed by atoms with Crippen molar-refractivity contribution < 1.29 is 19.7 Å². The molecule has 0 saturated heterocycles. The first-order valence-electron chi connectivity index (χ1n) is 8.80. The van der Waals surface area contributed by atoms with E-state index >= 15 is 0 Å². The summed E-state index contributed by atoms with van der Waals surface area (Å²) in [6.07, 6.45) is 2.87. The van der Waals surface area contributed by atoms with Crippen LogP contribution < -0.4 is 14.4 Å². The predicted octanol–water partition coefficient (Wildman–Crippen LogP) is 1.44. The summed E-state index contributed by atoms with van der Waals surface area (Å²) < 4.78 is 10.7. The molecule has 0 radical (unpaired) electrons. The van der Waals surface area contributed by atoms with Gasteiger partial charge in [0.2, 0.25) is 0 Å². The van der Waals surface area contributed by atoms with E-state index < -0.39 is 0 Å². The lowest BCUT2D eigenvalue weighted by Crippen LogP contribution is -2.31. The second-order valence-corrected chi connectivity index (χ2v) is 6.15. The van der Waals surface area contributed by atoms with E-state index in [2.05, 4.69) is 0 Å². The topological polar surface area (TPSA) is 87.9 Å². The van der Waals surface area contributed by atoms with Crippen LogP contribution >= 0.6 is 0 Å². The summed E-state index contributed by atoms with van der Waals surface area (Å²) in [6.45, 7) is 0.861. The van der Waals surface area contributed by atoms with Crippen LogP contribution in [0.2, 0.25) is 0 Å². The first-order chi connectivity index (χ1) is 12.7. The average Bonchev–Trinajstić information content (AvgIpc) is 3.15. The normalized spacial score (nSPS) is 12.8. The molecular formula is C19H25N3O4. The standard InChI is InChI=1S/C19H25N3O4/c1-25-16-7-6-13(12-17(16)26-2)18-20-15-5-3-4-14(15)19(21-18)22(8-10-23)9-11-24/h6-7,12,23-24H,3-5,8-11H2,1-2H3. The van der Waals surface area contributed by atoms with Gasteiger partial charge in [-0.2, -0.15) is 0 Å².